The van der Waals surface area contributed by atoms with Gasteiger partial charge in [-0.25, -0.2) is 0 Å². The molecule has 1 heterocycles. The van der Waals surface area contributed by atoms with Crippen LogP contribution in [0.15, 0.2) is 0 Å². The van der Waals surface area contributed by atoms with Crippen molar-refractivity contribution in [3.8, 4) is 0 Å². The Morgan fingerprint density at radius 2 is 1.86 bits per heavy atom. The summed E-state index contributed by atoms with van der Waals surface area (Å²) in [6.45, 7) is 11.7. The molecule has 0 aliphatic carbocycles. The zero-order valence-corrected chi connectivity index (χ0v) is 15.2. The van der Waals surface area contributed by atoms with Crippen LogP contribution in [-0.4, -0.2) is 62.2 Å². The van der Waals surface area contributed by atoms with E-state index in [9.17, 15) is 0 Å². The first-order valence-corrected chi connectivity index (χ1v) is 9.24. The van der Waals surface area contributed by atoms with Crippen molar-refractivity contribution < 1.29 is 0 Å². The SMILES string of the molecule is CCCCC(CC)CC(NCCC)C1CN(C)CCN1C. The van der Waals surface area contributed by atoms with E-state index in [1.165, 1.54) is 58.2 Å². The molecule has 0 saturated carbocycles. The lowest BCUT2D eigenvalue weighted by Crippen LogP contribution is -2.59. The minimum Gasteiger partial charge on any atom is -0.312 e. The first-order valence-electron chi connectivity index (χ1n) is 9.24. The highest BCUT2D eigenvalue weighted by Crippen LogP contribution is 2.22. The van der Waals surface area contributed by atoms with E-state index in [-0.39, 0.29) is 0 Å². The van der Waals surface area contributed by atoms with E-state index in [4.69, 9.17) is 0 Å². The Kier molecular flexibility index (Phi) is 9.54. The zero-order valence-electron chi connectivity index (χ0n) is 15.2. The summed E-state index contributed by atoms with van der Waals surface area (Å²) in [5.74, 6) is 0.889. The van der Waals surface area contributed by atoms with Crippen LogP contribution in [-0.2, 0) is 0 Å². The summed E-state index contributed by atoms with van der Waals surface area (Å²) in [4.78, 5) is 5.08. The van der Waals surface area contributed by atoms with E-state index in [0.717, 1.165) is 12.5 Å². The van der Waals surface area contributed by atoms with Crippen molar-refractivity contribution in [1.29, 1.82) is 0 Å². The molecule has 126 valence electrons. The second kappa shape index (κ2) is 10.6. The number of likely N-dealkylation sites (N-methyl/N-ethyl adjacent to an activating group) is 2. The van der Waals surface area contributed by atoms with Crippen LogP contribution in [0.1, 0.15) is 59.3 Å². The first-order chi connectivity index (χ1) is 10.1. The van der Waals surface area contributed by atoms with E-state index in [2.05, 4.69) is 50.0 Å². The van der Waals surface area contributed by atoms with Gasteiger partial charge in [-0.2, -0.15) is 0 Å². The van der Waals surface area contributed by atoms with Crippen molar-refractivity contribution in [2.75, 3.05) is 40.3 Å². The molecular weight excluding hydrogens is 258 g/mol. The fourth-order valence-corrected chi connectivity index (χ4v) is 3.53. The van der Waals surface area contributed by atoms with Gasteiger partial charge < -0.3 is 10.2 Å². The summed E-state index contributed by atoms with van der Waals surface area (Å²) in [5.41, 5.74) is 0. The largest absolute Gasteiger partial charge is 0.312 e. The van der Waals surface area contributed by atoms with Gasteiger partial charge in [0.1, 0.15) is 0 Å². The minimum absolute atomic E-state index is 0.652. The van der Waals surface area contributed by atoms with Crippen LogP contribution in [0.25, 0.3) is 0 Å². The Bertz CT molecular complexity index is 257. The second-order valence-corrected chi connectivity index (χ2v) is 7.02. The van der Waals surface area contributed by atoms with Gasteiger partial charge in [0.15, 0.2) is 0 Å². The van der Waals surface area contributed by atoms with Gasteiger partial charge >= 0.3 is 0 Å². The third-order valence-corrected chi connectivity index (χ3v) is 5.15. The van der Waals surface area contributed by atoms with Crippen molar-refractivity contribution in [3.05, 3.63) is 0 Å². The Balaban J connectivity index is 2.63. The Morgan fingerprint density at radius 1 is 1.10 bits per heavy atom. The summed E-state index contributed by atoms with van der Waals surface area (Å²) < 4.78 is 0. The molecule has 1 fully saturated rings. The lowest BCUT2D eigenvalue weighted by Gasteiger charge is -2.43. The van der Waals surface area contributed by atoms with Gasteiger partial charge in [0.05, 0.1) is 0 Å². The molecule has 3 nitrogen and oxygen atoms in total. The van der Waals surface area contributed by atoms with E-state index in [1.54, 1.807) is 0 Å². The van der Waals surface area contributed by atoms with E-state index in [1.807, 2.05) is 0 Å². The van der Waals surface area contributed by atoms with Crippen LogP contribution in [0, 0.1) is 5.92 Å². The predicted octanol–water partition coefficient (Wildman–Crippen LogP) is 3.21. The van der Waals surface area contributed by atoms with Crippen molar-refractivity contribution in [2.24, 2.45) is 5.92 Å². The first kappa shape index (κ1) is 18.9. The number of nitrogens with zero attached hydrogens (tertiary/aromatic N) is 2. The Hall–Kier alpha value is -0.120. The molecule has 3 unspecified atom stereocenters. The minimum atomic E-state index is 0.652. The molecule has 0 aromatic heterocycles. The topological polar surface area (TPSA) is 18.5 Å². The summed E-state index contributed by atoms with van der Waals surface area (Å²) in [6, 6.07) is 1.32. The monoisotopic (exact) mass is 297 g/mol. The molecule has 1 rings (SSSR count). The molecule has 3 atom stereocenters. The highest BCUT2D eigenvalue weighted by Gasteiger charge is 2.30. The molecule has 1 aliphatic heterocycles. The van der Waals surface area contributed by atoms with Gasteiger partial charge in [-0.05, 0) is 39.4 Å². The molecule has 0 radical (unpaired) electrons. The molecule has 0 amide bonds. The number of unbranched alkanes of at least 4 members (excludes halogenated alkanes) is 1. The van der Waals surface area contributed by atoms with E-state index in [0.29, 0.717) is 12.1 Å². The van der Waals surface area contributed by atoms with Crippen LogP contribution >= 0.6 is 0 Å². The number of hydrogen-bond acceptors (Lipinski definition) is 3. The summed E-state index contributed by atoms with van der Waals surface area (Å²) in [6.07, 6.45) is 8.03. The zero-order chi connectivity index (χ0) is 15.7. The van der Waals surface area contributed by atoms with Gasteiger partial charge in [-0.15, -0.1) is 0 Å². The number of rotatable bonds is 10. The second-order valence-electron chi connectivity index (χ2n) is 7.02. The maximum atomic E-state index is 3.86. The third-order valence-electron chi connectivity index (χ3n) is 5.15. The lowest BCUT2D eigenvalue weighted by atomic mass is 9.88. The van der Waals surface area contributed by atoms with Gasteiger partial charge in [0.25, 0.3) is 0 Å². The van der Waals surface area contributed by atoms with Crippen LogP contribution in [0.4, 0.5) is 0 Å². The number of hydrogen-bond donors (Lipinski definition) is 1. The van der Waals surface area contributed by atoms with E-state index < -0.39 is 0 Å². The van der Waals surface area contributed by atoms with Gasteiger partial charge in [0, 0.05) is 31.7 Å². The molecule has 0 bridgehead atoms. The van der Waals surface area contributed by atoms with Crippen LogP contribution in [0.2, 0.25) is 0 Å². The molecule has 0 aromatic carbocycles. The fraction of sp³-hybridized carbons (Fsp3) is 1.00. The highest BCUT2D eigenvalue weighted by atomic mass is 15.3. The maximum Gasteiger partial charge on any atom is 0.0374 e. The molecule has 1 aliphatic rings. The van der Waals surface area contributed by atoms with Crippen molar-refractivity contribution in [1.82, 2.24) is 15.1 Å². The van der Waals surface area contributed by atoms with Gasteiger partial charge in [-0.3, -0.25) is 4.90 Å². The number of nitrogens with one attached hydrogen (secondary N) is 1. The average molecular weight is 298 g/mol. The van der Waals surface area contributed by atoms with Crippen molar-refractivity contribution in [3.63, 3.8) is 0 Å². The average Bonchev–Trinajstić information content (AvgIpc) is 2.49. The van der Waals surface area contributed by atoms with Gasteiger partial charge in [0.2, 0.25) is 0 Å². The number of piperazine rings is 1. The summed E-state index contributed by atoms with van der Waals surface area (Å²) >= 11 is 0. The normalized spacial score (nSPS) is 24.1. The van der Waals surface area contributed by atoms with E-state index >= 15 is 0 Å². The summed E-state index contributed by atoms with van der Waals surface area (Å²) in [5, 5.41) is 3.86. The molecule has 1 N–H and O–H groups in total. The van der Waals surface area contributed by atoms with Crippen molar-refractivity contribution >= 4 is 0 Å². The Morgan fingerprint density at radius 3 is 2.48 bits per heavy atom. The maximum absolute atomic E-state index is 3.86. The molecule has 3 heteroatoms. The molecule has 0 spiro atoms. The van der Waals surface area contributed by atoms with Crippen LogP contribution in [0.3, 0.4) is 0 Å². The molecule has 21 heavy (non-hydrogen) atoms. The fourth-order valence-electron chi connectivity index (χ4n) is 3.53. The van der Waals surface area contributed by atoms with Crippen molar-refractivity contribution in [2.45, 2.75) is 71.4 Å². The highest BCUT2D eigenvalue weighted by molar-refractivity contribution is 4.90. The molecule has 0 aromatic rings. The van der Waals surface area contributed by atoms with Gasteiger partial charge in [-0.1, -0.05) is 46.5 Å². The van der Waals surface area contributed by atoms with Crippen LogP contribution in [0.5, 0.6) is 0 Å². The van der Waals surface area contributed by atoms with Crippen LogP contribution < -0.4 is 5.32 Å². The predicted molar refractivity (Wildman–Crippen MR) is 93.9 cm³/mol. The Labute approximate surface area is 133 Å². The standard InChI is InChI=1S/C18H39N3/c1-6-9-10-16(8-3)14-17(19-11-7-2)18-15-20(4)12-13-21(18)5/h16-19H,6-15H2,1-5H3. The molecule has 1 saturated heterocycles. The smallest absolute Gasteiger partial charge is 0.0374 e. The third kappa shape index (κ3) is 6.66. The quantitative estimate of drug-likeness (QED) is 0.668. The lowest BCUT2D eigenvalue weighted by molar-refractivity contribution is 0.0792. The summed E-state index contributed by atoms with van der Waals surface area (Å²) in [7, 11) is 4.58. The molecular formula is C18H39N3.